The number of amides is 2. The van der Waals surface area contributed by atoms with Crippen LogP contribution in [0.4, 0.5) is 15.8 Å². The lowest BCUT2D eigenvalue weighted by atomic mass is 10.2. The SMILES string of the molecule is COCc1ccc(C(=O)Nc2ccc(F)c(NC(C)=O)c2)o1. The van der Waals surface area contributed by atoms with Crippen molar-refractivity contribution in [2.75, 3.05) is 17.7 Å². The minimum atomic E-state index is -0.589. The lowest BCUT2D eigenvalue weighted by Crippen LogP contribution is -2.12. The molecule has 2 N–H and O–H groups in total. The average molecular weight is 306 g/mol. The molecule has 1 aromatic heterocycles. The first-order chi connectivity index (χ1) is 10.5. The van der Waals surface area contributed by atoms with Gasteiger partial charge in [-0.05, 0) is 30.3 Å². The van der Waals surface area contributed by atoms with Gasteiger partial charge in [0.25, 0.3) is 5.91 Å². The summed E-state index contributed by atoms with van der Waals surface area (Å²) in [5.74, 6) is -0.850. The fourth-order valence-corrected chi connectivity index (χ4v) is 1.80. The van der Waals surface area contributed by atoms with Crippen molar-refractivity contribution in [1.82, 2.24) is 0 Å². The number of carbonyl (C=O) groups is 2. The van der Waals surface area contributed by atoms with Crippen molar-refractivity contribution in [3.8, 4) is 0 Å². The van der Waals surface area contributed by atoms with Crippen LogP contribution in [-0.4, -0.2) is 18.9 Å². The first-order valence-corrected chi connectivity index (χ1v) is 6.45. The number of ether oxygens (including phenoxy) is 1. The van der Waals surface area contributed by atoms with Crippen molar-refractivity contribution in [3.63, 3.8) is 0 Å². The van der Waals surface area contributed by atoms with Gasteiger partial charge in [0.15, 0.2) is 5.76 Å². The molecule has 0 unspecified atom stereocenters. The number of hydrogen-bond acceptors (Lipinski definition) is 4. The number of methoxy groups -OCH3 is 1. The van der Waals surface area contributed by atoms with E-state index in [1.54, 1.807) is 6.07 Å². The Morgan fingerprint density at radius 3 is 2.68 bits per heavy atom. The topological polar surface area (TPSA) is 80.6 Å². The van der Waals surface area contributed by atoms with Crippen molar-refractivity contribution in [2.45, 2.75) is 13.5 Å². The quantitative estimate of drug-likeness (QED) is 0.890. The number of halogens is 1. The molecular weight excluding hydrogens is 291 g/mol. The molecule has 7 heteroatoms. The molecule has 0 aliphatic heterocycles. The van der Waals surface area contributed by atoms with Crippen molar-refractivity contribution < 1.29 is 23.1 Å². The lowest BCUT2D eigenvalue weighted by molar-refractivity contribution is -0.114. The fraction of sp³-hybridized carbons (Fsp3) is 0.200. The van der Waals surface area contributed by atoms with Gasteiger partial charge in [0.1, 0.15) is 18.2 Å². The molecule has 6 nitrogen and oxygen atoms in total. The van der Waals surface area contributed by atoms with Gasteiger partial charge in [-0.3, -0.25) is 9.59 Å². The molecule has 0 radical (unpaired) electrons. The minimum absolute atomic E-state index is 0.00943. The van der Waals surface area contributed by atoms with Gasteiger partial charge in [-0.2, -0.15) is 0 Å². The van der Waals surface area contributed by atoms with Crippen molar-refractivity contribution in [2.24, 2.45) is 0 Å². The molecule has 2 rings (SSSR count). The fourth-order valence-electron chi connectivity index (χ4n) is 1.80. The van der Waals surface area contributed by atoms with Crippen molar-refractivity contribution in [3.05, 3.63) is 47.7 Å². The predicted octanol–water partition coefficient (Wildman–Crippen LogP) is 2.78. The number of anilines is 2. The highest BCUT2D eigenvalue weighted by Gasteiger charge is 2.13. The summed E-state index contributed by atoms with van der Waals surface area (Å²) in [5, 5.41) is 4.91. The Bertz CT molecular complexity index is 697. The smallest absolute Gasteiger partial charge is 0.291 e. The van der Waals surface area contributed by atoms with Crippen LogP contribution < -0.4 is 10.6 Å². The Morgan fingerprint density at radius 2 is 2.00 bits per heavy atom. The molecule has 22 heavy (non-hydrogen) atoms. The normalized spacial score (nSPS) is 10.3. The zero-order valence-corrected chi connectivity index (χ0v) is 12.1. The van der Waals surface area contributed by atoms with E-state index in [4.69, 9.17) is 9.15 Å². The summed E-state index contributed by atoms with van der Waals surface area (Å²) in [4.78, 5) is 23.0. The van der Waals surface area contributed by atoms with Gasteiger partial charge in [-0.15, -0.1) is 0 Å². The van der Waals surface area contributed by atoms with Crippen LogP contribution in [-0.2, 0) is 16.1 Å². The van der Waals surface area contributed by atoms with Crippen LogP contribution in [0.15, 0.2) is 34.7 Å². The zero-order chi connectivity index (χ0) is 16.1. The first kappa shape index (κ1) is 15.7. The first-order valence-electron chi connectivity index (χ1n) is 6.45. The van der Waals surface area contributed by atoms with Gasteiger partial charge in [-0.25, -0.2) is 4.39 Å². The van der Waals surface area contributed by atoms with Crippen LogP contribution in [0.25, 0.3) is 0 Å². The number of hydrogen-bond donors (Lipinski definition) is 2. The second kappa shape index (κ2) is 6.86. The van der Waals surface area contributed by atoms with Gasteiger partial charge in [-0.1, -0.05) is 0 Å². The van der Waals surface area contributed by atoms with Crippen LogP contribution >= 0.6 is 0 Å². The van der Waals surface area contributed by atoms with E-state index in [-0.39, 0.29) is 18.1 Å². The molecule has 1 aromatic carbocycles. The van der Waals surface area contributed by atoms with E-state index in [2.05, 4.69) is 10.6 Å². The number of nitrogens with one attached hydrogen (secondary N) is 2. The van der Waals surface area contributed by atoms with Crippen LogP contribution in [0.1, 0.15) is 23.2 Å². The van der Waals surface area contributed by atoms with Crippen molar-refractivity contribution >= 4 is 23.2 Å². The second-order valence-corrected chi connectivity index (χ2v) is 4.53. The molecule has 0 aliphatic rings. The lowest BCUT2D eigenvalue weighted by Gasteiger charge is -2.08. The molecule has 0 bridgehead atoms. The summed E-state index contributed by atoms with van der Waals surface area (Å²) in [6.07, 6.45) is 0. The maximum absolute atomic E-state index is 13.5. The highest BCUT2D eigenvalue weighted by Crippen LogP contribution is 2.20. The summed E-state index contributed by atoms with van der Waals surface area (Å²) in [6, 6.07) is 7.01. The maximum Gasteiger partial charge on any atom is 0.291 e. The van der Waals surface area contributed by atoms with Gasteiger partial charge in [0.2, 0.25) is 5.91 Å². The molecule has 0 saturated carbocycles. The van der Waals surface area contributed by atoms with Crippen LogP contribution in [0.3, 0.4) is 0 Å². The standard InChI is InChI=1S/C15H15FN2O4/c1-9(19)17-13-7-10(3-5-12(13)16)18-15(20)14-6-4-11(22-14)8-21-2/h3-7H,8H2,1-2H3,(H,17,19)(H,18,20). The van der Waals surface area contributed by atoms with Gasteiger partial charge in [0.05, 0.1) is 5.69 Å². The average Bonchev–Trinajstić information content (AvgIpc) is 2.91. The molecule has 116 valence electrons. The Kier molecular flexibility index (Phi) is 4.90. The van der Waals surface area contributed by atoms with E-state index < -0.39 is 17.6 Å². The third-order valence-electron chi connectivity index (χ3n) is 2.71. The van der Waals surface area contributed by atoms with E-state index in [1.807, 2.05) is 0 Å². The summed E-state index contributed by atoms with van der Waals surface area (Å²) in [5.41, 5.74) is 0.324. The zero-order valence-electron chi connectivity index (χ0n) is 12.1. The van der Waals surface area contributed by atoms with E-state index in [0.717, 1.165) is 6.07 Å². The van der Waals surface area contributed by atoms with Crippen LogP contribution in [0.5, 0.6) is 0 Å². The van der Waals surface area contributed by atoms with Gasteiger partial charge in [0, 0.05) is 19.7 Å². The van der Waals surface area contributed by atoms with Crippen LogP contribution in [0.2, 0.25) is 0 Å². The van der Waals surface area contributed by atoms with Gasteiger partial charge < -0.3 is 19.8 Å². The molecule has 2 aromatic rings. The van der Waals surface area contributed by atoms with Crippen LogP contribution in [0, 0.1) is 5.82 Å². The van der Waals surface area contributed by atoms with E-state index in [0.29, 0.717) is 11.4 Å². The Labute approximate surface area is 126 Å². The minimum Gasteiger partial charge on any atom is -0.453 e. The van der Waals surface area contributed by atoms with Crippen molar-refractivity contribution in [1.29, 1.82) is 0 Å². The van der Waals surface area contributed by atoms with E-state index in [1.165, 1.54) is 32.2 Å². The number of benzene rings is 1. The summed E-state index contributed by atoms with van der Waals surface area (Å²) in [7, 11) is 1.52. The molecule has 0 saturated heterocycles. The third-order valence-corrected chi connectivity index (χ3v) is 2.71. The van der Waals surface area contributed by atoms with E-state index in [9.17, 15) is 14.0 Å². The third kappa shape index (κ3) is 3.92. The molecule has 0 atom stereocenters. The molecule has 0 aliphatic carbocycles. The second-order valence-electron chi connectivity index (χ2n) is 4.53. The number of rotatable bonds is 5. The molecule has 0 spiro atoms. The highest BCUT2D eigenvalue weighted by atomic mass is 19.1. The summed E-state index contributed by atoms with van der Waals surface area (Å²) in [6.45, 7) is 1.53. The maximum atomic E-state index is 13.5. The predicted molar refractivity (Wildman–Crippen MR) is 78.1 cm³/mol. The van der Waals surface area contributed by atoms with E-state index >= 15 is 0 Å². The molecular formula is C15H15FN2O4. The van der Waals surface area contributed by atoms with Gasteiger partial charge >= 0.3 is 0 Å². The number of furan rings is 1. The highest BCUT2D eigenvalue weighted by molar-refractivity contribution is 6.02. The summed E-state index contributed by atoms with van der Waals surface area (Å²) < 4.78 is 23.7. The largest absolute Gasteiger partial charge is 0.453 e. The Morgan fingerprint density at radius 1 is 1.23 bits per heavy atom. The number of carbonyl (C=O) groups excluding carboxylic acids is 2. The monoisotopic (exact) mass is 306 g/mol. The Balaban J connectivity index is 2.12. The summed E-state index contributed by atoms with van der Waals surface area (Å²) >= 11 is 0. The molecule has 2 amide bonds. The molecule has 1 heterocycles. The molecule has 0 fully saturated rings. The Hall–Kier alpha value is -2.67.